The number of carbonyl (C=O) groups excluding carboxylic acids is 2. The third kappa shape index (κ3) is 4.09. The fraction of sp³-hybridized carbons (Fsp3) is 0.125. The molecule has 120 valence electrons. The molecule has 0 radical (unpaired) electrons. The van der Waals surface area contributed by atoms with Gasteiger partial charge in [-0.05, 0) is 42.5 Å². The average molecular weight is 322 g/mol. The first-order valence-corrected chi connectivity index (χ1v) is 6.62. The Balaban J connectivity index is 2.14. The van der Waals surface area contributed by atoms with Crippen molar-refractivity contribution in [2.75, 3.05) is 12.4 Å². The van der Waals surface area contributed by atoms with Gasteiger partial charge in [0.2, 0.25) is 0 Å². The molecular formula is C16H13F3N2O2. The van der Waals surface area contributed by atoms with Gasteiger partial charge in [-0.1, -0.05) is 6.07 Å². The lowest BCUT2D eigenvalue weighted by molar-refractivity contribution is -0.137. The summed E-state index contributed by atoms with van der Waals surface area (Å²) in [5, 5.41) is 4.99. The summed E-state index contributed by atoms with van der Waals surface area (Å²) >= 11 is 0. The van der Waals surface area contributed by atoms with Gasteiger partial charge in [0.05, 0.1) is 5.56 Å². The second-order valence-corrected chi connectivity index (χ2v) is 4.69. The van der Waals surface area contributed by atoms with Gasteiger partial charge in [-0.15, -0.1) is 0 Å². The van der Waals surface area contributed by atoms with Crippen LogP contribution in [-0.2, 0) is 6.18 Å². The quantitative estimate of drug-likeness (QED) is 0.911. The molecule has 2 N–H and O–H groups in total. The van der Waals surface area contributed by atoms with Crippen LogP contribution in [0.15, 0.2) is 48.5 Å². The van der Waals surface area contributed by atoms with Crippen molar-refractivity contribution in [2.24, 2.45) is 0 Å². The van der Waals surface area contributed by atoms with E-state index in [0.29, 0.717) is 11.3 Å². The Bertz CT molecular complexity index is 725. The van der Waals surface area contributed by atoms with E-state index in [0.717, 1.165) is 24.3 Å². The molecule has 2 rings (SSSR count). The number of hydrogen-bond donors (Lipinski definition) is 2. The van der Waals surface area contributed by atoms with Gasteiger partial charge >= 0.3 is 6.18 Å². The molecule has 2 aromatic rings. The maximum Gasteiger partial charge on any atom is 0.416 e. The summed E-state index contributed by atoms with van der Waals surface area (Å²) in [5.74, 6) is -0.872. The Morgan fingerprint density at radius 2 is 1.57 bits per heavy atom. The van der Waals surface area contributed by atoms with Crippen molar-refractivity contribution in [3.05, 3.63) is 65.2 Å². The Labute approximate surface area is 130 Å². The lowest BCUT2D eigenvalue weighted by Gasteiger charge is -2.09. The minimum Gasteiger partial charge on any atom is -0.355 e. The fourth-order valence-electron chi connectivity index (χ4n) is 1.90. The number of halogens is 3. The van der Waals surface area contributed by atoms with Crippen molar-refractivity contribution in [1.82, 2.24) is 5.32 Å². The highest BCUT2D eigenvalue weighted by atomic mass is 19.4. The lowest BCUT2D eigenvalue weighted by Crippen LogP contribution is -2.18. The van der Waals surface area contributed by atoms with Gasteiger partial charge in [-0.2, -0.15) is 13.2 Å². The highest BCUT2D eigenvalue weighted by Gasteiger charge is 2.30. The minimum atomic E-state index is -4.45. The van der Waals surface area contributed by atoms with Crippen LogP contribution in [0.3, 0.4) is 0 Å². The van der Waals surface area contributed by atoms with E-state index in [1.807, 2.05) is 0 Å². The van der Waals surface area contributed by atoms with Crippen molar-refractivity contribution < 1.29 is 22.8 Å². The summed E-state index contributed by atoms with van der Waals surface area (Å²) in [6.45, 7) is 0. The number of rotatable bonds is 3. The largest absolute Gasteiger partial charge is 0.416 e. The Morgan fingerprint density at radius 3 is 2.13 bits per heavy atom. The maximum atomic E-state index is 12.5. The van der Waals surface area contributed by atoms with Gasteiger partial charge in [-0.25, -0.2) is 0 Å². The standard InChI is InChI=1S/C16H13F3N2O2/c1-20-14(22)11-3-2-4-13(9-11)21-15(23)10-5-7-12(8-6-10)16(17,18)19/h2-9H,1H3,(H,20,22)(H,21,23). The van der Waals surface area contributed by atoms with Crippen LogP contribution in [0.25, 0.3) is 0 Å². The molecule has 0 aromatic heterocycles. The first-order valence-electron chi connectivity index (χ1n) is 6.62. The van der Waals surface area contributed by atoms with Crippen LogP contribution in [0, 0.1) is 0 Å². The topological polar surface area (TPSA) is 58.2 Å². The molecule has 0 aliphatic heterocycles. The number of benzene rings is 2. The number of hydrogen-bond acceptors (Lipinski definition) is 2. The molecule has 23 heavy (non-hydrogen) atoms. The maximum absolute atomic E-state index is 12.5. The monoisotopic (exact) mass is 322 g/mol. The van der Waals surface area contributed by atoms with Crippen LogP contribution in [0.2, 0.25) is 0 Å². The fourth-order valence-corrected chi connectivity index (χ4v) is 1.90. The molecule has 0 heterocycles. The van der Waals surface area contributed by atoms with E-state index in [1.54, 1.807) is 18.2 Å². The Morgan fingerprint density at radius 1 is 0.913 bits per heavy atom. The third-order valence-corrected chi connectivity index (χ3v) is 3.08. The summed E-state index contributed by atoms with van der Waals surface area (Å²) in [7, 11) is 1.48. The van der Waals surface area contributed by atoms with Gasteiger partial charge in [0, 0.05) is 23.9 Å². The van der Waals surface area contributed by atoms with Gasteiger partial charge in [0.1, 0.15) is 0 Å². The predicted octanol–water partition coefficient (Wildman–Crippen LogP) is 3.32. The summed E-state index contributed by atoms with van der Waals surface area (Å²) in [6.07, 6.45) is -4.45. The highest BCUT2D eigenvalue weighted by molar-refractivity contribution is 6.05. The van der Waals surface area contributed by atoms with E-state index in [1.165, 1.54) is 13.1 Å². The Kier molecular flexibility index (Phi) is 4.68. The first-order chi connectivity index (χ1) is 10.8. The summed E-state index contributed by atoms with van der Waals surface area (Å²) < 4.78 is 37.4. The smallest absolute Gasteiger partial charge is 0.355 e. The van der Waals surface area contributed by atoms with E-state index in [2.05, 4.69) is 10.6 Å². The highest BCUT2D eigenvalue weighted by Crippen LogP contribution is 2.29. The van der Waals surface area contributed by atoms with Crippen molar-refractivity contribution in [3.8, 4) is 0 Å². The molecule has 0 saturated carbocycles. The normalized spacial score (nSPS) is 11.0. The molecule has 4 nitrogen and oxygen atoms in total. The molecule has 2 amide bonds. The van der Waals surface area contributed by atoms with E-state index in [9.17, 15) is 22.8 Å². The number of alkyl halides is 3. The van der Waals surface area contributed by atoms with Crippen molar-refractivity contribution in [2.45, 2.75) is 6.18 Å². The van der Waals surface area contributed by atoms with Crippen LogP contribution in [0.4, 0.5) is 18.9 Å². The van der Waals surface area contributed by atoms with Gasteiger partial charge in [0.15, 0.2) is 0 Å². The Hall–Kier alpha value is -2.83. The van der Waals surface area contributed by atoms with Gasteiger partial charge in [0.25, 0.3) is 11.8 Å². The second kappa shape index (κ2) is 6.51. The molecule has 0 atom stereocenters. The van der Waals surface area contributed by atoms with Crippen molar-refractivity contribution in [3.63, 3.8) is 0 Å². The summed E-state index contributed by atoms with van der Waals surface area (Å²) in [4.78, 5) is 23.6. The zero-order valence-electron chi connectivity index (χ0n) is 12.1. The minimum absolute atomic E-state index is 0.0864. The van der Waals surface area contributed by atoms with Crippen LogP contribution in [-0.4, -0.2) is 18.9 Å². The predicted molar refractivity (Wildman–Crippen MR) is 79.2 cm³/mol. The van der Waals surface area contributed by atoms with Gasteiger partial charge < -0.3 is 10.6 Å². The zero-order chi connectivity index (χ0) is 17.0. The number of carbonyl (C=O) groups is 2. The van der Waals surface area contributed by atoms with Crippen LogP contribution < -0.4 is 10.6 Å². The molecule has 2 aromatic carbocycles. The molecule has 0 unspecified atom stereocenters. The second-order valence-electron chi connectivity index (χ2n) is 4.69. The van der Waals surface area contributed by atoms with Crippen LogP contribution in [0.5, 0.6) is 0 Å². The first kappa shape index (κ1) is 16.5. The molecule has 0 aliphatic carbocycles. The van der Waals surface area contributed by atoms with Crippen molar-refractivity contribution >= 4 is 17.5 Å². The van der Waals surface area contributed by atoms with Crippen LogP contribution in [0.1, 0.15) is 26.3 Å². The molecule has 0 bridgehead atoms. The number of amides is 2. The number of anilines is 1. The summed E-state index contributed by atoms with van der Waals surface area (Å²) in [5.41, 5.74) is -0.00673. The van der Waals surface area contributed by atoms with Gasteiger partial charge in [-0.3, -0.25) is 9.59 Å². The van der Waals surface area contributed by atoms with E-state index >= 15 is 0 Å². The number of nitrogens with one attached hydrogen (secondary N) is 2. The van der Waals surface area contributed by atoms with E-state index < -0.39 is 17.6 Å². The SMILES string of the molecule is CNC(=O)c1cccc(NC(=O)c2ccc(C(F)(F)F)cc2)c1. The van der Waals surface area contributed by atoms with Crippen molar-refractivity contribution in [1.29, 1.82) is 0 Å². The van der Waals surface area contributed by atoms with E-state index in [-0.39, 0.29) is 11.5 Å². The molecule has 0 fully saturated rings. The molecule has 7 heteroatoms. The average Bonchev–Trinajstić information content (AvgIpc) is 2.53. The molecule has 0 spiro atoms. The summed E-state index contributed by atoms with van der Waals surface area (Å²) in [6, 6.07) is 10.1. The molecule has 0 aliphatic rings. The zero-order valence-corrected chi connectivity index (χ0v) is 12.1. The van der Waals surface area contributed by atoms with E-state index in [4.69, 9.17) is 0 Å². The molecule has 0 saturated heterocycles. The third-order valence-electron chi connectivity index (χ3n) is 3.08. The lowest BCUT2D eigenvalue weighted by atomic mass is 10.1. The molecular weight excluding hydrogens is 309 g/mol. The van der Waals surface area contributed by atoms with Crippen LogP contribution >= 0.6 is 0 Å².